The van der Waals surface area contributed by atoms with Gasteiger partial charge in [0.1, 0.15) is 11.5 Å². The third-order valence-electron chi connectivity index (χ3n) is 4.37. The van der Waals surface area contributed by atoms with Gasteiger partial charge in [-0.25, -0.2) is 0 Å². The van der Waals surface area contributed by atoms with E-state index < -0.39 is 0 Å². The van der Waals surface area contributed by atoms with Crippen LogP contribution in [-0.2, 0) is 4.79 Å². The van der Waals surface area contributed by atoms with Crippen LogP contribution in [-0.4, -0.2) is 11.8 Å². The highest BCUT2D eigenvalue weighted by molar-refractivity contribution is 5.95. The third-order valence-corrected chi connectivity index (χ3v) is 4.37. The number of hydrazine groups is 1. The maximum Gasteiger partial charge on any atom is 0.269 e. The molecule has 5 nitrogen and oxygen atoms in total. The fraction of sp³-hybridized carbons (Fsp3) is 0.300. The lowest BCUT2D eigenvalue weighted by Gasteiger charge is -2.20. The van der Waals surface area contributed by atoms with E-state index in [1.165, 1.54) is 6.42 Å². The van der Waals surface area contributed by atoms with Crippen LogP contribution in [0, 0.1) is 5.92 Å². The predicted octanol–water partition coefficient (Wildman–Crippen LogP) is 3.82. The van der Waals surface area contributed by atoms with Gasteiger partial charge in [0, 0.05) is 11.5 Å². The summed E-state index contributed by atoms with van der Waals surface area (Å²) in [6.07, 6.45) is 5.14. The molecule has 130 valence electrons. The molecule has 0 bridgehead atoms. The first-order valence-corrected chi connectivity index (χ1v) is 8.65. The SMILES string of the molecule is O=C(NNC(=O)C1CCCCC1)c1ccc(Oc2ccccc2)cc1. The Morgan fingerprint density at radius 1 is 0.800 bits per heavy atom. The van der Waals surface area contributed by atoms with Crippen LogP contribution in [0.3, 0.4) is 0 Å². The average Bonchev–Trinajstić information content (AvgIpc) is 2.68. The van der Waals surface area contributed by atoms with Gasteiger partial charge >= 0.3 is 0 Å². The molecule has 0 heterocycles. The van der Waals surface area contributed by atoms with Gasteiger partial charge < -0.3 is 4.74 Å². The first kappa shape index (κ1) is 17.0. The molecule has 0 saturated heterocycles. The highest BCUT2D eigenvalue weighted by atomic mass is 16.5. The summed E-state index contributed by atoms with van der Waals surface area (Å²) in [4.78, 5) is 24.2. The van der Waals surface area contributed by atoms with Gasteiger partial charge in [-0.1, -0.05) is 37.5 Å². The molecular formula is C20H22N2O3. The highest BCUT2D eigenvalue weighted by Gasteiger charge is 2.21. The summed E-state index contributed by atoms with van der Waals surface area (Å²) in [5.74, 6) is 0.955. The van der Waals surface area contributed by atoms with Crippen molar-refractivity contribution in [2.45, 2.75) is 32.1 Å². The predicted molar refractivity (Wildman–Crippen MR) is 95.1 cm³/mol. The van der Waals surface area contributed by atoms with Crippen molar-refractivity contribution in [1.29, 1.82) is 0 Å². The molecule has 0 aromatic heterocycles. The summed E-state index contributed by atoms with van der Waals surface area (Å²) in [6.45, 7) is 0. The first-order chi connectivity index (χ1) is 12.2. The van der Waals surface area contributed by atoms with E-state index in [0.717, 1.165) is 31.4 Å². The van der Waals surface area contributed by atoms with Crippen molar-refractivity contribution < 1.29 is 14.3 Å². The topological polar surface area (TPSA) is 67.4 Å². The molecule has 1 fully saturated rings. The van der Waals surface area contributed by atoms with Crippen molar-refractivity contribution in [2.75, 3.05) is 0 Å². The fourth-order valence-corrected chi connectivity index (χ4v) is 2.96. The molecule has 0 aliphatic heterocycles. The van der Waals surface area contributed by atoms with Crippen LogP contribution in [0.1, 0.15) is 42.5 Å². The zero-order chi connectivity index (χ0) is 17.5. The zero-order valence-electron chi connectivity index (χ0n) is 14.0. The Morgan fingerprint density at radius 3 is 2.12 bits per heavy atom. The van der Waals surface area contributed by atoms with Gasteiger partial charge in [-0.15, -0.1) is 0 Å². The molecule has 2 aromatic carbocycles. The maximum atomic E-state index is 12.1. The van der Waals surface area contributed by atoms with Gasteiger partial charge in [0.25, 0.3) is 5.91 Å². The van der Waals surface area contributed by atoms with E-state index in [0.29, 0.717) is 11.3 Å². The molecule has 25 heavy (non-hydrogen) atoms. The maximum absolute atomic E-state index is 12.1. The van der Waals surface area contributed by atoms with Crippen LogP contribution in [0.15, 0.2) is 54.6 Å². The van der Waals surface area contributed by atoms with E-state index in [9.17, 15) is 9.59 Å². The molecule has 2 amide bonds. The standard InChI is InChI=1S/C20H22N2O3/c23-19(15-7-3-1-4-8-15)21-22-20(24)16-11-13-18(14-12-16)25-17-9-5-2-6-10-17/h2,5-6,9-15H,1,3-4,7-8H2,(H,21,23)(H,22,24). The second-order valence-corrected chi connectivity index (χ2v) is 6.22. The number of benzene rings is 2. The van der Waals surface area contributed by atoms with Crippen LogP contribution in [0.2, 0.25) is 0 Å². The monoisotopic (exact) mass is 338 g/mol. The molecule has 1 aliphatic rings. The Hall–Kier alpha value is -2.82. The zero-order valence-corrected chi connectivity index (χ0v) is 14.0. The minimum Gasteiger partial charge on any atom is -0.457 e. The number of hydrogen-bond acceptors (Lipinski definition) is 3. The van der Waals surface area contributed by atoms with Gasteiger partial charge in [-0.3, -0.25) is 20.4 Å². The van der Waals surface area contributed by atoms with Crippen LogP contribution < -0.4 is 15.6 Å². The fourth-order valence-electron chi connectivity index (χ4n) is 2.96. The molecule has 0 radical (unpaired) electrons. The summed E-state index contributed by atoms with van der Waals surface area (Å²) in [6, 6.07) is 16.2. The Morgan fingerprint density at radius 2 is 1.44 bits per heavy atom. The average molecular weight is 338 g/mol. The van der Waals surface area contributed by atoms with E-state index in [-0.39, 0.29) is 17.7 Å². The summed E-state index contributed by atoms with van der Waals surface area (Å²) >= 11 is 0. The number of rotatable bonds is 4. The number of hydrogen-bond donors (Lipinski definition) is 2. The Bertz CT molecular complexity index is 707. The number of carbonyl (C=O) groups is 2. The number of ether oxygens (including phenoxy) is 1. The molecule has 0 atom stereocenters. The van der Waals surface area contributed by atoms with Crippen molar-refractivity contribution in [1.82, 2.24) is 10.9 Å². The molecule has 1 saturated carbocycles. The van der Waals surface area contributed by atoms with E-state index in [1.807, 2.05) is 30.3 Å². The molecule has 0 spiro atoms. The summed E-state index contributed by atoms with van der Waals surface area (Å²) in [5.41, 5.74) is 5.48. The van der Waals surface area contributed by atoms with Gasteiger partial charge in [0.2, 0.25) is 5.91 Å². The molecular weight excluding hydrogens is 316 g/mol. The van der Waals surface area contributed by atoms with Crippen LogP contribution in [0.4, 0.5) is 0 Å². The van der Waals surface area contributed by atoms with Gasteiger partial charge in [-0.05, 0) is 49.2 Å². The largest absolute Gasteiger partial charge is 0.457 e. The number of para-hydroxylation sites is 1. The van der Waals surface area contributed by atoms with Crippen LogP contribution >= 0.6 is 0 Å². The Balaban J connectivity index is 1.51. The first-order valence-electron chi connectivity index (χ1n) is 8.65. The van der Waals surface area contributed by atoms with Crippen molar-refractivity contribution in [3.63, 3.8) is 0 Å². The summed E-state index contributed by atoms with van der Waals surface area (Å²) in [7, 11) is 0. The van der Waals surface area contributed by atoms with E-state index >= 15 is 0 Å². The Kier molecular flexibility index (Phi) is 5.67. The lowest BCUT2D eigenvalue weighted by Crippen LogP contribution is -2.44. The number of amides is 2. The normalized spacial score (nSPS) is 14.6. The molecule has 2 N–H and O–H groups in total. The minimum absolute atomic E-state index is 0.00991. The third kappa shape index (κ3) is 4.83. The van der Waals surface area contributed by atoms with E-state index in [1.54, 1.807) is 24.3 Å². The highest BCUT2D eigenvalue weighted by Crippen LogP contribution is 2.23. The lowest BCUT2D eigenvalue weighted by atomic mass is 9.89. The van der Waals surface area contributed by atoms with Crippen LogP contribution in [0.5, 0.6) is 11.5 Å². The van der Waals surface area contributed by atoms with Crippen LogP contribution in [0.25, 0.3) is 0 Å². The van der Waals surface area contributed by atoms with Crippen molar-refractivity contribution >= 4 is 11.8 Å². The van der Waals surface area contributed by atoms with E-state index in [4.69, 9.17) is 4.74 Å². The van der Waals surface area contributed by atoms with Crippen molar-refractivity contribution in [2.24, 2.45) is 5.92 Å². The molecule has 3 rings (SSSR count). The summed E-state index contributed by atoms with van der Waals surface area (Å²) in [5, 5.41) is 0. The molecule has 5 heteroatoms. The van der Waals surface area contributed by atoms with E-state index in [2.05, 4.69) is 10.9 Å². The van der Waals surface area contributed by atoms with Gasteiger partial charge in [0.15, 0.2) is 0 Å². The molecule has 0 unspecified atom stereocenters. The quantitative estimate of drug-likeness (QED) is 0.833. The van der Waals surface area contributed by atoms with Crippen molar-refractivity contribution in [3.8, 4) is 11.5 Å². The molecule has 2 aromatic rings. The van der Waals surface area contributed by atoms with Gasteiger partial charge in [0.05, 0.1) is 0 Å². The van der Waals surface area contributed by atoms with Gasteiger partial charge in [-0.2, -0.15) is 0 Å². The number of nitrogens with one attached hydrogen (secondary N) is 2. The minimum atomic E-state index is -0.338. The second-order valence-electron chi connectivity index (χ2n) is 6.22. The second kappa shape index (κ2) is 8.33. The lowest BCUT2D eigenvalue weighted by molar-refractivity contribution is -0.126. The summed E-state index contributed by atoms with van der Waals surface area (Å²) < 4.78 is 5.69. The van der Waals surface area contributed by atoms with Crippen molar-refractivity contribution in [3.05, 3.63) is 60.2 Å². The molecule has 1 aliphatic carbocycles. The number of carbonyl (C=O) groups excluding carboxylic acids is 2. The Labute approximate surface area is 147 Å². The smallest absolute Gasteiger partial charge is 0.269 e.